The topological polar surface area (TPSA) is 3.24 Å². The SMILES string of the molecule is C=C1Cc2ccccc2N(C)CC(C)(C=CC)C2CC=CC(c3c(C)ccc(C)c3C)=C12. The molecule has 2 atom stereocenters. The first kappa shape index (κ1) is 22.4. The lowest BCUT2D eigenvalue weighted by Gasteiger charge is -2.42. The standard InChI is InChI=1S/C31H37N/c1-8-18-31(6)20-32(7)28-15-10-9-12-25(28)19-23(4)30-26(13-11-14-27(30)31)29-22(3)17-16-21(2)24(29)5/h8-13,15-18,27H,4,14,19-20H2,1-3,5-7H3. The zero-order valence-electron chi connectivity index (χ0n) is 20.6. The molecule has 0 saturated heterocycles. The third-order valence-corrected chi connectivity index (χ3v) is 7.62. The van der Waals surface area contributed by atoms with Gasteiger partial charge in [-0.2, -0.15) is 0 Å². The Labute approximate surface area is 194 Å². The summed E-state index contributed by atoms with van der Waals surface area (Å²) in [6.45, 7) is 17.0. The fourth-order valence-electron chi connectivity index (χ4n) is 5.95. The predicted octanol–water partition coefficient (Wildman–Crippen LogP) is 7.77. The second-order valence-corrected chi connectivity index (χ2v) is 9.99. The Morgan fingerprint density at radius 2 is 1.78 bits per heavy atom. The molecular formula is C31H37N. The number of benzene rings is 2. The Balaban J connectivity index is 2.02. The predicted molar refractivity (Wildman–Crippen MR) is 140 cm³/mol. The summed E-state index contributed by atoms with van der Waals surface area (Å²) < 4.78 is 0. The molecule has 0 radical (unpaired) electrons. The van der Waals surface area contributed by atoms with Crippen molar-refractivity contribution in [1.29, 1.82) is 0 Å². The maximum absolute atomic E-state index is 4.71. The zero-order chi connectivity index (χ0) is 23.0. The minimum atomic E-state index is 0.000862. The van der Waals surface area contributed by atoms with Gasteiger partial charge in [-0.25, -0.2) is 0 Å². The van der Waals surface area contributed by atoms with Crippen molar-refractivity contribution in [2.75, 3.05) is 18.5 Å². The average Bonchev–Trinajstić information content (AvgIpc) is 2.79. The van der Waals surface area contributed by atoms with E-state index in [-0.39, 0.29) is 5.41 Å². The lowest BCUT2D eigenvalue weighted by atomic mass is 9.65. The van der Waals surface area contributed by atoms with Crippen molar-refractivity contribution < 1.29 is 0 Å². The minimum absolute atomic E-state index is 0.000862. The molecule has 2 aromatic carbocycles. The van der Waals surface area contributed by atoms with Gasteiger partial charge in [0.1, 0.15) is 0 Å². The van der Waals surface area contributed by atoms with Gasteiger partial charge in [0, 0.05) is 24.7 Å². The summed E-state index contributed by atoms with van der Waals surface area (Å²) in [5.74, 6) is 0.391. The second kappa shape index (κ2) is 8.62. The Bertz CT molecular complexity index is 1140. The van der Waals surface area contributed by atoms with E-state index in [1.165, 1.54) is 50.2 Å². The Kier molecular flexibility index (Phi) is 6.03. The maximum Gasteiger partial charge on any atom is 0.0399 e. The number of hydrogen-bond acceptors (Lipinski definition) is 1. The van der Waals surface area contributed by atoms with Crippen molar-refractivity contribution >= 4 is 11.3 Å². The van der Waals surface area contributed by atoms with Gasteiger partial charge in [-0.1, -0.05) is 68.1 Å². The molecule has 1 aliphatic carbocycles. The normalized spacial score (nSPS) is 23.6. The quantitative estimate of drug-likeness (QED) is 0.446. The van der Waals surface area contributed by atoms with Gasteiger partial charge in [-0.05, 0) is 97.1 Å². The minimum Gasteiger partial charge on any atom is -0.373 e. The molecule has 1 aliphatic heterocycles. The van der Waals surface area contributed by atoms with Gasteiger partial charge in [0.25, 0.3) is 0 Å². The number of fused-ring (bicyclic) bond motifs is 2. The molecule has 32 heavy (non-hydrogen) atoms. The van der Waals surface area contributed by atoms with Crippen molar-refractivity contribution in [3.8, 4) is 0 Å². The van der Waals surface area contributed by atoms with Crippen LogP contribution in [-0.2, 0) is 6.42 Å². The lowest BCUT2D eigenvalue weighted by molar-refractivity contribution is 0.303. The van der Waals surface area contributed by atoms with Crippen LogP contribution >= 0.6 is 0 Å². The van der Waals surface area contributed by atoms with Crippen molar-refractivity contribution in [2.24, 2.45) is 11.3 Å². The molecule has 2 unspecified atom stereocenters. The molecule has 4 rings (SSSR count). The molecule has 0 saturated carbocycles. The van der Waals surface area contributed by atoms with E-state index in [2.05, 4.69) is 107 Å². The highest BCUT2D eigenvalue weighted by Crippen LogP contribution is 2.49. The van der Waals surface area contributed by atoms with Crippen molar-refractivity contribution in [2.45, 2.75) is 47.5 Å². The van der Waals surface area contributed by atoms with Crippen molar-refractivity contribution in [3.63, 3.8) is 0 Å². The zero-order valence-corrected chi connectivity index (χ0v) is 20.6. The van der Waals surface area contributed by atoms with Gasteiger partial charge in [0.05, 0.1) is 0 Å². The van der Waals surface area contributed by atoms with E-state index in [1.54, 1.807) is 0 Å². The number of nitrogens with zero attached hydrogens (tertiary/aromatic N) is 1. The van der Waals surface area contributed by atoms with Gasteiger partial charge < -0.3 is 4.90 Å². The average molecular weight is 424 g/mol. The van der Waals surface area contributed by atoms with Crippen LogP contribution in [0, 0.1) is 32.1 Å². The number of hydrogen-bond donors (Lipinski definition) is 0. The van der Waals surface area contributed by atoms with Crippen LogP contribution in [0.2, 0.25) is 0 Å². The van der Waals surface area contributed by atoms with Crippen molar-refractivity contribution in [1.82, 2.24) is 0 Å². The van der Waals surface area contributed by atoms with E-state index in [1.807, 2.05) is 0 Å². The van der Waals surface area contributed by atoms with Crippen LogP contribution in [0.15, 0.2) is 78.4 Å². The summed E-state index contributed by atoms with van der Waals surface area (Å²) in [4.78, 5) is 2.45. The smallest absolute Gasteiger partial charge is 0.0399 e. The molecule has 0 bridgehead atoms. The summed E-state index contributed by atoms with van der Waals surface area (Å²) in [6, 6.07) is 13.4. The number of aryl methyl sites for hydroxylation is 2. The Morgan fingerprint density at radius 1 is 1.06 bits per heavy atom. The Morgan fingerprint density at radius 3 is 2.53 bits per heavy atom. The molecule has 2 aromatic rings. The van der Waals surface area contributed by atoms with E-state index in [9.17, 15) is 0 Å². The molecule has 1 heterocycles. The third kappa shape index (κ3) is 3.79. The second-order valence-electron chi connectivity index (χ2n) is 9.99. The van der Waals surface area contributed by atoms with Gasteiger partial charge in [-0.3, -0.25) is 0 Å². The number of para-hydroxylation sites is 1. The van der Waals surface area contributed by atoms with Crippen LogP contribution in [0.25, 0.3) is 5.57 Å². The van der Waals surface area contributed by atoms with E-state index in [4.69, 9.17) is 6.58 Å². The van der Waals surface area contributed by atoms with Gasteiger partial charge in [0.2, 0.25) is 0 Å². The summed E-state index contributed by atoms with van der Waals surface area (Å²) in [6.07, 6.45) is 11.4. The van der Waals surface area contributed by atoms with Gasteiger partial charge >= 0.3 is 0 Å². The van der Waals surface area contributed by atoms with E-state index >= 15 is 0 Å². The monoisotopic (exact) mass is 423 g/mol. The molecule has 0 spiro atoms. The van der Waals surface area contributed by atoms with Crippen LogP contribution in [-0.4, -0.2) is 13.6 Å². The van der Waals surface area contributed by atoms with E-state index in [0.717, 1.165) is 19.4 Å². The van der Waals surface area contributed by atoms with Gasteiger partial charge in [-0.15, -0.1) is 0 Å². The molecule has 0 aromatic heterocycles. The van der Waals surface area contributed by atoms with E-state index < -0.39 is 0 Å². The van der Waals surface area contributed by atoms with Gasteiger partial charge in [0.15, 0.2) is 0 Å². The maximum atomic E-state index is 4.71. The van der Waals surface area contributed by atoms with E-state index in [0.29, 0.717) is 5.92 Å². The van der Waals surface area contributed by atoms with Crippen LogP contribution in [0.5, 0.6) is 0 Å². The highest BCUT2D eigenvalue weighted by Gasteiger charge is 2.39. The first-order valence-electron chi connectivity index (χ1n) is 11.9. The molecular weight excluding hydrogens is 386 g/mol. The third-order valence-electron chi connectivity index (χ3n) is 7.62. The molecule has 0 N–H and O–H groups in total. The molecule has 166 valence electrons. The number of allylic oxidation sites excluding steroid dienone is 6. The Hall–Kier alpha value is -2.80. The van der Waals surface area contributed by atoms with Crippen LogP contribution in [0.3, 0.4) is 0 Å². The summed E-state index contributed by atoms with van der Waals surface area (Å²) in [5, 5.41) is 0. The molecule has 1 heteroatoms. The summed E-state index contributed by atoms with van der Waals surface area (Å²) in [5.41, 5.74) is 12.2. The summed E-state index contributed by atoms with van der Waals surface area (Å²) >= 11 is 0. The number of rotatable bonds is 2. The lowest BCUT2D eigenvalue weighted by Crippen LogP contribution is -2.39. The molecule has 0 amide bonds. The first-order chi connectivity index (χ1) is 15.3. The highest BCUT2D eigenvalue weighted by molar-refractivity contribution is 5.85. The molecule has 0 fully saturated rings. The summed E-state index contributed by atoms with van der Waals surface area (Å²) in [7, 11) is 2.24. The molecule has 2 aliphatic rings. The fourth-order valence-corrected chi connectivity index (χ4v) is 5.95. The first-order valence-corrected chi connectivity index (χ1v) is 11.9. The van der Waals surface area contributed by atoms with Crippen LogP contribution < -0.4 is 4.90 Å². The van der Waals surface area contributed by atoms with Crippen LogP contribution in [0.1, 0.15) is 48.1 Å². The fraction of sp³-hybridized carbons (Fsp3) is 0.355. The number of anilines is 1. The van der Waals surface area contributed by atoms with Crippen LogP contribution in [0.4, 0.5) is 5.69 Å². The highest BCUT2D eigenvalue weighted by atomic mass is 15.1. The largest absolute Gasteiger partial charge is 0.373 e. The van der Waals surface area contributed by atoms with Crippen molar-refractivity contribution in [3.05, 3.63) is 106 Å². The molecule has 1 nitrogen and oxygen atoms in total.